The molecule has 0 radical (unpaired) electrons. The van der Waals surface area contributed by atoms with Gasteiger partial charge in [0.15, 0.2) is 6.61 Å². The molecule has 0 aromatic heterocycles. The van der Waals surface area contributed by atoms with Crippen LogP contribution in [-0.4, -0.2) is 49.4 Å². The van der Waals surface area contributed by atoms with Gasteiger partial charge in [-0.05, 0) is 43.2 Å². The SMILES string of the molecule is COc1ccc(OCC(=O)N2CCC(C(=O)Nc3ccccc3)CC2)c(C(N)=O)c1. The fourth-order valence-corrected chi connectivity index (χ4v) is 3.34. The van der Waals surface area contributed by atoms with Crippen molar-refractivity contribution in [3.63, 3.8) is 0 Å². The summed E-state index contributed by atoms with van der Waals surface area (Å²) in [7, 11) is 1.48. The molecule has 2 aromatic rings. The predicted octanol–water partition coefficient (Wildman–Crippen LogP) is 2.05. The van der Waals surface area contributed by atoms with Gasteiger partial charge in [0.05, 0.1) is 12.7 Å². The van der Waals surface area contributed by atoms with E-state index in [1.165, 1.54) is 13.2 Å². The number of nitrogens with two attached hydrogens (primary N) is 1. The number of nitrogens with one attached hydrogen (secondary N) is 1. The van der Waals surface area contributed by atoms with E-state index < -0.39 is 5.91 Å². The van der Waals surface area contributed by atoms with Gasteiger partial charge in [-0.2, -0.15) is 0 Å². The highest BCUT2D eigenvalue weighted by atomic mass is 16.5. The average molecular weight is 411 g/mol. The quantitative estimate of drug-likeness (QED) is 0.724. The van der Waals surface area contributed by atoms with Crippen LogP contribution in [0.2, 0.25) is 0 Å². The fourth-order valence-electron chi connectivity index (χ4n) is 3.34. The molecule has 3 N–H and O–H groups in total. The summed E-state index contributed by atoms with van der Waals surface area (Å²) in [6, 6.07) is 13.9. The van der Waals surface area contributed by atoms with E-state index >= 15 is 0 Å². The topological polar surface area (TPSA) is 111 Å². The van der Waals surface area contributed by atoms with Crippen molar-refractivity contribution in [2.45, 2.75) is 12.8 Å². The second kappa shape index (κ2) is 9.78. The Bertz CT molecular complexity index is 908. The summed E-state index contributed by atoms with van der Waals surface area (Å²) in [5.41, 5.74) is 6.29. The smallest absolute Gasteiger partial charge is 0.260 e. The van der Waals surface area contributed by atoms with E-state index in [0.29, 0.717) is 31.7 Å². The molecule has 0 bridgehead atoms. The third kappa shape index (κ3) is 5.28. The Balaban J connectivity index is 1.50. The van der Waals surface area contributed by atoms with Crippen molar-refractivity contribution in [3.8, 4) is 11.5 Å². The Hall–Kier alpha value is -3.55. The maximum atomic E-state index is 12.5. The summed E-state index contributed by atoms with van der Waals surface area (Å²) in [4.78, 5) is 38.2. The average Bonchev–Trinajstić information content (AvgIpc) is 2.78. The molecule has 0 spiro atoms. The molecule has 1 heterocycles. The molecule has 8 heteroatoms. The highest BCUT2D eigenvalue weighted by molar-refractivity contribution is 5.96. The lowest BCUT2D eigenvalue weighted by molar-refractivity contribution is -0.136. The standard InChI is InChI=1S/C22H25N3O5/c1-29-17-7-8-19(18(13-17)21(23)27)30-14-20(26)25-11-9-15(10-12-25)22(28)24-16-5-3-2-4-6-16/h2-8,13,15H,9-12,14H2,1H3,(H2,23,27)(H,24,28). The number of methoxy groups -OCH3 is 1. The molecule has 0 unspecified atom stereocenters. The minimum absolute atomic E-state index is 0.0334. The number of hydrogen-bond donors (Lipinski definition) is 2. The van der Waals surface area contributed by atoms with Crippen LogP contribution in [0.4, 0.5) is 5.69 Å². The first-order valence-corrected chi connectivity index (χ1v) is 9.72. The van der Waals surface area contributed by atoms with Crippen molar-refractivity contribution in [1.82, 2.24) is 4.90 Å². The molecule has 158 valence electrons. The molecule has 0 atom stereocenters. The number of ether oxygens (including phenoxy) is 2. The third-order valence-corrected chi connectivity index (χ3v) is 5.06. The van der Waals surface area contributed by atoms with Crippen LogP contribution < -0.4 is 20.5 Å². The van der Waals surface area contributed by atoms with Crippen LogP contribution in [0, 0.1) is 5.92 Å². The number of hydrogen-bond acceptors (Lipinski definition) is 5. The van der Waals surface area contributed by atoms with Crippen LogP contribution in [-0.2, 0) is 9.59 Å². The zero-order valence-corrected chi connectivity index (χ0v) is 16.8. The maximum Gasteiger partial charge on any atom is 0.260 e. The number of para-hydroxylation sites is 1. The van der Waals surface area contributed by atoms with Crippen LogP contribution in [0.1, 0.15) is 23.2 Å². The molecule has 30 heavy (non-hydrogen) atoms. The van der Waals surface area contributed by atoms with Gasteiger partial charge < -0.3 is 25.4 Å². The van der Waals surface area contributed by atoms with Gasteiger partial charge in [-0.15, -0.1) is 0 Å². The van der Waals surface area contributed by atoms with Gasteiger partial charge in [-0.3, -0.25) is 14.4 Å². The normalized spacial score (nSPS) is 14.1. The maximum absolute atomic E-state index is 12.5. The first-order valence-electron chi connectivity index (χ1n) is 9.72. The van der Waals surface area contributed by atoms with Crippen molar-refractivity contribution in [2.24, 2.45) is 11.7 Å². The molecule has 8 nitrogen and oxygen atoms in total. The number of amides is 3. The van der Waals surface area contributed by atoms with Gasteiger partial charge in [0.2, 0.25) is 5.91 Å². The molecule has 3 amide bonds. The van der Waals surface area contributed by atoms with E-state index in [1.807, 2.05) is 30.3 Å². The largest absolute Gasteiger partial charge is 0.497 e. The van der Waals surface area contributed by atoms with E-state index in [0.717, 1.165) is 5.69 Å². The first kappa shape index (κ1) is 21.2. The number of rotatable bonds is 7. The first-order chi connectivity index (χ1) is 14.5. The summed E-state index contributed by atoms with van der Waals surface area (Å²) in [6.07, 6.45) is 1.17. The lowest BCUT2D eigenvalue weighted by atomic mass is 9.95. The Morgan fingerprint density at radius 2 is 1.80 bits per heavy atom. The Labute approximate surface area is 174 Å². The second-order valence-corrected chi connectivity index (χ2v) is 7.03. The number of nitrogens with zero attached hydrogens (tertiary/aromatic N) is 1. The molecule has 2 aromatic carbocycles. The molecule has 1 aliphatic rings. The van der Waals surface area contributed by atoms with E-state index in [-0.39, 0.29) is 35.7 Å². The number of piperidine rings is 1. The highest BCUT2D eigenvalue weighted by Crippen LogP contribution is 2.24. The molecule has 1 fully saturated rings. The molecule has 0 aliphatic carbocycles. The molecule has 0 saturated carbocycles. The molecule has 1 aliphatic heterocycles. The van der Waals surface area contributed by atoms with Crippen molar-refractivity contribution in [3.05, 3.63) is 54.1 Å². The van der Waals surface area contributed by atoms with Crippen molar-refractivity contribution < 1.29 is 23.9 Å². The van der Waals surface area contributed by atoms with Crippen LogP contribution >= 0.6 is 0 Å². The third-order valence-electron chi connectivity index (χ3n) is 5.06. The van der Waals surface area contributed by atoms with Gasteiger partial charge in [0.1, 0.15) is 11.5 Å². The molecule has 3 rings (SSSR count). The van der Waals surface area contributed by atoms with E-state index in [2.05, 4.69) is 5.32 Å². The zero-order chi connectivity index (χ0) is 21.5. The van der Waals surface area contributed by atoms with Crippen molar-refractivity contribution >= 4 is 23.4 Å². The van der Waals surface area contributed by atoms with Gasteiger partial charge in [-0.25, -0.2) is 0 Å². The van der Waals surface area contributed by atoms with Gasteiger partial charge in [0, 0.05) is 24.7 Å². The number of primary amides is 1. The molecular formula is C22H25N3O5. The minimum atomic E-state index is -0.665. The summed E-state index contributed by atoms with van der Waals surface area (Å²) >= 11 is 0. The number of anilines is 1. The minimum Gasteiger partial charge on any atom is -0.497 e. The number of carbonyl (C=O) groups excluding carboxylic acids is 3. The van der Waals surface area contributed by atoms with E-state index in [4.69, 9.17) is 15.2 Å². The van der Waals surface area contributed by atoms with Gasteiger partial charge >= 0.3 is 0 Å². The lowest BCUT2D eigenvalue weighted by Crippen LogP contribution is -2.43. The monoisotopic (exact) mass is 411 g/mol. The van der Waals surface area contributed by atoms with Crippen LogP contribution in [0.25, 0.3) is 0 Å². The van der Waals surface area contributed by atoms with Crippen molar-refractivity contribution in [1.29, 1.82) is 0 Å². The Morgan fingerprint density at radius 1 is 1.10 bits per heavy atom. The molecule has 1 saturated heterocycles. The highest BCUT2D eigenvalue weighted by Gasteiger charge is 2.27. The summed E-state index contributed by atoms with van der Waals surface area (Å²) in [5.74, 6) is -0.344. The van der Waals surface area contributed by atoms with Crippen LogP contribution in [0.15, 0.2) is 48.5 Å². The van der Waals surface area contributed by atoms with Gasteiger partial charge in [-0.1, -0.05) is 18.2 Å². The lowest BCUT2D eigenvalue weighted by Gasteiger charge is -2.31. The van der Waals surface area contributed by atoms with Gasteiger partial charge in [0.25, 0.3) is 11.8 Å². The van der Waals surface area contributed by atoms with E-state index in [9.17, 15) is 14.4 Å². The molecular weight excluding hydrogens is 386 g/mol. The summed E-state index contributed by atoms with van der Waals surface area (Å²) < 4.78 is 10.6. The Kier molecular flexibility index (Phi) is 6.90. The van der Waals surface area contributed by atoms with Crippen molar-refractivity contribution in [2.75, 3.05) is 32.1 Å². The predicted molar refractivity (Wildman–Crippen MR) is 111 cm³/mol. The second-order valence-electron chi connectivity index (χ2n) is 7.03. The summed E-state index contributed by atoms with van der Waals surface area (Å²) in [6.45, 7) is 0.730. The number of likely N-dealkylation sites (tertiary alicyclic amines) is 1. The fraction of sp³-hybridized carbons (Fsp3) is 0.318. The summed E-state index contributed by atoms with van der Waals surface area (Å²) in [5, 5.41) is 2.91. The Morgan fingerprint density at radius 3 is 2.43 bits per heavy atom. The number of benzene rings is 2. The van der Waals surface area contributed by atoms with Crippen LogP contribution in [0.3, 0.4) is 0 Å². The van der Waals surface area contributed by atoms with E-state index in [1.54, 1.807) is 17.0 Å². The number of carbonyl (C=O) groups is 3. The zero-order valence-electron chi connectivity index (χ0n) is 16.8. The van der Waals surface area contributed by atoms with Crippen LogP contribution in [0.5, 0.6) is 11.5 Å².